The Balaban J connectivity index is 2.02. The van der Waals surface area contributed by atoms with E-state index < -0.39 is 82.1 Å². The molecule has 1 heterocycles. The zero-order valence-corrected chi connectivity index (χ0v) is 19.9. The average molecular weight is 535 g/mol. The van der Waals surface area contributed by atoms with Crippen LogP contribution in [0.2, 0.25) is 6.32 Å². The summed E-state index contributed by atoms with van der Waals surface area (Å²) >= 11 is 0. The van der Waals surface area contributed by atoms with Crippen LogP contribution in [-0.4, -0.2) is 11.7 Å². The van der Waals surface area contributed by atoms with Crippen molar-refractivity contribution in [2.45, 2.75) is 51.8 Å². The molecule has 0 aliphatic carbocycles. The first kappa shape index (κ1) is 28.5. The van der Waals surface area contributed by atoms with Crippen molar-refractivity contribution in [3.05, 3.63) is 87.8 Å². The van der Waals surface area contributed by atoms with Gasteiger partial charge in [0.1, 0.15) is 0 Å². The topological polar surface area (TPSA) is 12.9 Å². The number of aromatic nitrogens is 1. The number of halogens is 10. The second-order valence-corrected chi connectivity index (χ2v) is 9.53. The quantitative estimate of drug-likeness (QED) is 0.112. The lowest BCUT2D eigenvalue weighted by Crippen LogP contribution is -2.50. The molecule has 0 saturated carbocycles. The molecule has 0 unspecified atom stereocenters. The van der Waals surface area contributed by atoms with Gasteiger partial charge in [0.25, 0.3) is 0 Å². The standard InChI is InChI=1S/C25H20BF10N/c1-25(2,3)12-9-6-8-11(37-12)7-4-5-10-26(13-15(27)19(31)23(35)20(32)16(13)28)14-17(29)21(33)24(36)22(34)18(14)30/h6,8-9H,4-5,7,10H2,1-3H3. The van der Waals surface area contributed by atoms with Gasteiger partial charge in [0.2, 0.25) is 6.71 Å². The molecule has 3 rings (SSSR count). The molecule has 2 aromatic carbocycles. The van der Waals surface area contributed by atoms with Crippen LogP contribution in [0.5, 0.6) is 0 Å². The Labute approximate surface area is 206 Å². The lowest BCUT2D eigenvalue weighted by Gasteiger charge is -2.20. The molecule has 0 N–H and O–H groups in total. The summed E-state index contributed by atoms with van der Waals surface area (Å²) in [5, 5.41) is 0. The monoisotopic (exact) mass is 535 g/mol. The van der Waals surface area contributed by atoms with Crippen LogP contribution in [0.1, 0.15) is 45.0 Å². The molecular weight excluding hydrogens is 515 g/mol. The molecule has 12 heteroatoms. The summed E-state index contributed by atoms with van der Waals surface area (Å²) in [6.45, 7) is 3.41. The maximum Gasteiger partial charge on any atom is 0.225 e. The largest absolute Gasteiger partial charge is 0.257 e. The molecule has 3 aromatic rings. The lowest BCUT2D eigenvalue weighted by molar-refractivity contribution is 0.382. The first-order chi connectivity index (χ1) is 17.2. The molecule has 1 aromatic heterocycles. The highest BCUT2D eigenvalue weighted by Crippen LogP contribution is 2.23. The van der Waals surface area contributed by atoms with E-state index in [2.05, 4.69) is 4.98 Å². The van der Waals surface area contributed by atoms with Gasteiger partial charge in [-0.3, -0.25) is 4.98 Å². The summed E-state index contributed by atoms with van der Waals surface area (Å²) in [5.41, 5.74) is -2.30. The second-order valence-electron chi connectivity index (χ2n) is 9.53. The second kappa shape index (κ2) is 10.7. The molecule has 198 valence electrons. The Kier molecular flexibility index (Phi) is 8.29. The summed E-state index contributed by atoms with van der Waals surface area (Å²) in [6.07, 6.45) is -0.437. The SMILES string of the molecule is CC(C)(C)c1cccc(CCCCB(c2c(F)c(F)c(F)c(F)c2F)c2c(F)c(F)c(F)c(F)c2F)n1. The third-order valence-corrected chi connectivity index (χ3v) is 5.94. The van der Waals surface area contributed by atoms with Crippen molar-refractivity contribution < 1.29 is 43.9 Å². The number of pyridine rings is 1. The van der Waals surface area contributed by atoms with Gasteiger partial charge >= 0.3 is 0 Å². The van der Waals surface area contributed by atoms with Crippen LogP contribution in [0, 0.1) is 58.2 Å². The number of rotatable bonds is 7. The minimum absolute atomic E-state index is 0.148. The Morgan fingerprint density at radius 3 is 1.41 bits per heavy atom. The third kappa shape index (κ3) is 5.47. The summed E-state index contributed by atoms with van der Waals surface area (Å²) in [5.74, 6) is -24.4. The molecule has 0 amide bonds. The van der Waals surface area contributed by atoms with E-state index >= 15 is 0 Å². The van der Waals surface area contributed by atoms with Crippen LogP contribution >= 0.6 is 0 Å². The van der Waals surface area contributed by atoms with Crippen LogP contribution in [-0.2, 0) is 11.8 Å². The molecule has 0 radical (unpaired) electrons. The average Bonchev–Trinajstić information content (AvgIpc) is 2.85. The van der Waals surface area contributed by atoms with Crippen LogP contribution in [0.15, 0.2) is 18.2 Å². The van der Waals surface area contributed by atoms with E-state index in [0.29, 0.717) is 5.69 Å². The van der Waals surface area contributed by atoms with Crippen LogP contribution in [0.3, 0.4) is 0 Å². The molecule has 1 nitrogen and oxygen atoms in total. The van der Waals surface area contributed by atoms with Gasteiger partial charge in [0, 0.05) is 27.7 Å². The Morgan fingerprint density at radius 1 is 0.595 bits per heavy atom. The number of unbranched alkanes of at least 4 members (excludes halogenated alkanes) is 1. The minimum Gasteiger partial charge on any atom is -0.257 e. The Bertz CT molecular complexity index is 1210. The fourth-order valence-electron chi connectivity index (χ4n) is 3.98. The van der Waals surface area contributed by atoms with Gasteiger partial charge in [-0.2, -0.15) is 0 Å². The number of nitrogens with zero attached hydrogens (tertiary/aromatic N) is 1. The van der Waals surface area contributed by atoms with Crippen LogP contribution < -0.4 is 10.9 Å². The number of hydrogen-bond donors (Lipinski definition) is 0. The van der Waals surface area contributed by atoms with Gasteiger partial charge < -0.3 is 0 Å². The lowest BCUT2D eigenvalue weighted by atomic mass is 9.37. The van der Waals surface area contributed by atoms with Crippen molar-refractivity contribution in [2.24, 2.45) is 0 Å². The zero-order chi connectivity index (χ0) is 27.8. The van der Waals surface area contributed by atoms with E-state index in [1.807, 2.05) is 20.8 Å². The number of aryl methyl sites for hydroxylation is 1. The van der Waals surface area contributed by atoms with Gasteiger partial charge in [-0.05, 0) is 25.0 Å². The molecule has 0 bridgehead atoms. The molecule has 0 saturated heterocycles. The fourth-order valence-corrected chi connectivity index (χ4v) is 3.98. The summed E-state index contributed by atoms with van der Waals surface area (Å²) in [4.78, 5) is 4.48. The molecule has 37 heavy (non-hydrogen) atoms. The number of benzene rings is 2. The highest BCUT2D eigenvalue weighted by molar-refractivity contribution is 6.85. The fraction of sp³-hybridized carbons (Fsp3) is 0.320. The van der Waals surface area contributed by atoms with Crippen molar-refractivity contribution >= 4 is 17.6 Å². The van der Waals surface area contributed by atoms with Crippen LogP contribution in [0.25, 0.3) is 0 Å². The highest BCUT2D eigenvalue weighted by Gasteiger charge is 2.39. The van der Waals surface area contributed by atoms with E-state index in [0.717, 1.165) is 5.69 Å². The van der Waals surface area contributed by atoms with Crippen molar-refractivity contribution in [3.8, 4) is 0 Å². The predicted molar refractivity (Wildman–Crippen MR) is 118 cm³/mol. The van der Waals surface area contributed by atoms with E-state index in [4.69, 9.17) is 0 Å². The zero-order valence-electron chi connectivity index (χ0n) is 19.9. The van der Waals surface area contributed by atoms with Gasteiger partial charge in [-0.15, -0.1) is 0 Å². The molecule has 0 atom stereocenters. The third-order valence-electron chi connectivity index (χ3n) is 5.94. The first-order valence-electron chi connectivity index (χ1n) is 11.2. The smallest absolute Gasteiger partial charge is 0.225 e. The molecule has 0 aliphatic rings. The minimum atomic E-state index is -2.53. The molecule has 0 aliphatic heterocycles. The number of hydrogen-bond acceptors (Lipinski definition) is 1. The van der Waals surface area contributed by atoms with E-state index in [-0.39, 0.29) is 24.7 Å². The summed E-state index contributed by atoms with van der Waals surface area (Å²) < 4.78 is 141. The van der Waals surface area contributed by atoms with Gasteiger partial charge in [0.05, 0.1) is 0 Å². The Hall–Kier alpha value is -3.05. The van der Waals surface area contributed by atoms with Crippen molar-refractivity contribution in [1.82, 2.24) is 4.98 Å². The first-order valence-corrected chi connectivity index (χ1v) is 11.2. The molecule has 0 fully saturated rings. The Morgan fingerprint density at radius 2 is 1.00 bits per heavy atom. The van der Waals surface area contributed by atoms with Gasteiger partial charge in [-0.25, -0.2) is 43.9 Å². The summed E-state index contributed by atoms with van der Waals surface area (Å²) in [7, 11) is 0. The summed E-state index contributed by atoms with van der Waals surface area (Å²) in [6, 6.07) is 5.22. The van der Waals surface area contributed by atoms with Crippen molar-refractivity contribution in [2.75, 3.05) is 0 Å². The van der Waals surface area contributed by atoms with E-state index in [9.17, 15) is 43.9 Å². The normalized spacial score (nSPS) is 11.8. The van der Waals surface area contributed by atoms with Gasteiger partial charge in [0.15, 0.2) is 58.2 Å². The molecular formula is C25H20BF10N. The van der Waals surface area contributed by atoms with Crippen LogP contribution in [0.4, 0.5) is 43.9 Å². The van der Waals surface area contributed by atoms with Crippen molar-refractivity contribution in [1.29, 1.82) is 0 Å². The van der Waals surface area contributed by atoms with E-state index in [1.165, 1.54) is 0 Å². The van der Waals surface area contributed by atoms with Crippen molar-refractivity contribution in [3.63, 3.8) is 0 Å². The highest BCUT2D eigenvalue weighted by atomic mass is 19.2. The van der Waals surface area contributed by atoms with Gasteiger partial charge in [-0.1, -0.05) is 39.6 Å². The maximum absolute atomic E-state index is 14.6. The molecule has 0 spiro atoms. The predicted octanol–water partition coefficient (Wildman–Crippen LogP) is 6.40. The maximum atomic E-state index is 14.6. The van der Waals surface area contributed by atoms with E-state index in [1.54, 1.807) is 18.2 Å².